The first kappa shape index (κ1) is 103. The van der Waals surface area contributed by atoms with Crippen LogP contribution < -0.4 is 117 Å². The number of aliphatic hydroxyl groups is 1. The molecular weight excluding hydrogens is 2050 g/mol. The third-order valence-electron chi connectivity index (χ3n) is 23.7. The smallest absolute Gasteiger partial charge is 0.756 e. The largest absolute Gasteiger partial charge is 1.00 e. The molecule has 0 aliphatic carbocycles. The van der Waals surface area contributed by atoms with Crippen molar-refractivity contribution in [2.24, 2.45) is 0 Å². The molecule has 142 heavy (non-hydrogen) atoms. The SMILES string of the molecule is Cc1nc2c(ncn2[C@@H]2O[C@@H]3COP(=O)([O-])O[C@H]4[C@@H](F)[C@H](n5cnc6c(N)ncnc65)O[C@@H]4CNS(=O)(=O)O[C@H]3[C@H]2OCc2ccccc2)c(=O)[nH]1.Nc1ccnc2c1ccn2[C@@H]1O[C@@H]2COP(=O)([O-])O[C@H]3[C@@H](F)[C@H](n4cnc5c(N)ncnc54)O[C@@H]3CNS(=O)(=O)O[C@H]2[C@H]1O.Nc1ccnc2c1ncn2[C@@H]1O[C@@H]2CCS(=O)(=O)O[C@H]3[C@@H](F)[C@H](n4cnc5c(N)ncnc54)O[C@@H]3CNS(=O)(=O)O[C@H]2[C@H]1F.[Na+].[Na+]. The summed E-state index contributed by atoms with van der Waals surface area (Å²) in [5.41, 5.74) is 31.6. The molecule has 9 aliphatic rings. The molecular formula is C72H77F4N29Na2O29P2S4. The number of hydrogen-bond acceptors (Lipinski definition) is 48. The fourth-order valence-corrected chi connectivity index (χ4v) is 23.2. The quantitative estimate of drug-likeness (QED) is 0.0278. The number of aromatic amines is 1. The van der Waals surface area contributed by atoms with Gasteiger partial charge in [-0.2, -0.15) is 47.8 Å². The Morgan fingerprint density at radius 1 is 0.458 bits per heavy atom. The van der Waals surface area contributed by atoms with Crippen molar-refractivity contribution < 1.29 is 202 Å². The van der Waals surface area contributed by atoms with Crippen LogP contribution in [0.3, 0.4) is 0 Å². The Balaban J connectivity index is 0.000000140. The van der Waals surface area contributed by atoms with Crippen molar-refractivity contribution in [3.05, 3.63) is 139 Å². The molecule has 9 saturated heterocycles. The monoisotopic (exact) mass is 2120 g/mol. The average molecular weight is 2120 g/mol. The molecule has 13 aromatic rings. The summed E-state index contributed by atoms with van der Waals surface area (Å²) in [5.74, 6) is -0.515. The summed E-state index contributed by atoms with van der Waals surface area (Å²) in [6, 6.07) is 13.6. The first-order valence-electron chi connectivity index (χ1n) is 41.8. The molecule has 2 unspecified atom stereocenters. The minimum atomic E-state index is -5.37. The van der Waals surface area contributed by atoms with E-state index >= 15 is 17.6 Å². The van der Waals surface area contributed by atoms with Gasteiger partial charge in [0.05, 0.1) is 69.0 Å². The molecule has 0 saturated carbocycles. The molecule has 70 heteroatoms. The van der Waals surface area contributed by atoms with Gasteiger partial charge in [0.15, 0.2) is 113 Å². The number of fused-ring (bicyclic) bond motifs is 12. The normalized spacial score (nSPS) is 33.5. The molecule has 15 N–H and O–H groups in total. The predicted octanol–water partition coefficient (Wildman–Crippen LogP) is -8.44. The zero-order valence-corrected chi connectivity index (χ0v) is 82.3. The number of aliphatic hydroxyl groups excluding tert-OH is 1. The maximum atomic E-state index is 16.1. The van der Waals surface area contributed by atoms with E-state index in [4.69, 9.17) is 96.7 Å². The van der Waals surface area contributed by atoms with Crippen molar-refractivity contribution in [2.75, 3.05) is 67.3 Å². The fraction of sp³-hybridized carbons (Fsp3) is 0.458. The van der Waals surface area contributed by atoms with E-state index in [-0.39, 0.29) is 151 Å². The van der Waals surface area contributed by atoms with Crippen molar-refractivity contribution in [3.63, 3.8) is 0 Å². The van der Waals surface area contributed by atoms with Gasteiger partial charge < -0.3 is 104 Å². The Morgan fingerprint density at radius 2 is 0.866 bits per heavy atom. The second kappa shape index (κ2) is 40.1. The molecule has 12 aromatic heterocycles. The van der Waals surface area contributed by atoms with Crippen LogP contribution in [0.4, 0.5) is 46.4 Å². The summed E-state index contributed by atoms with van der Waals surface area (Å²) >= 11 is 0. The molecule has 9 fully saturated rings. The van der Waals surface area contributed by atoms with Gasteiger partial charge in [-0.05, 0) is 37.1 Å². The van der Waals surface area contributed by atoms with Gasteiger partial charge in [-0.1, -0.05) is 30.3 Å². The first-order valence-corrected chi connectivity index (χ1v) is 50.5. The number of H-pyrrole nitrogens is 1. The summed E-state index contributed by atoms with van der Waals surface area (Å²) in [4.78, 5) is 98.1. The van der Waals surface area contributed by atoms with Crippen LogP contribution in [0.2, 0.25) is 0 Å². The van der Waals surface area contributed by atoms with Crippen LogP contribution in [-0.2, 0) is 125 Å². The Morgan fingerprint density at radius 3 is 1.38 bits per heavy atom. The molecule has 0 radical (unpaired) electrons. The van der Waals surface area contributed by atoms with Gasteiger partial charge >= 0.3 is 90.0 Å². The number of pyridine rings is 2. The second-order valence-corrected chi connectivity index (χ2v) is 41.2. The van der Waals surface area contributed by atoms with Gasteiger partial charge in [-0.15, -0.1) is 0 Å². The Kier molecular flexibility index (Phi) is 29.0. The van der Waals surface area contributed by atoms with Crippen molar-refractivity contribution >= 4 is 152 Å². The number of nitrogens with two attached hydrogens (primary N) is 5. The number of rotatable bonds is 9. The van der Waals surface area contributed by atoms with Crippen LogP contribution in [0.15, 0.2) is 123 Å². The van der Waals surface area contributed by atoms with Crippen LogP contribution in [0.25, 0.3) is 66.9 Å². The molecule has 748 valence electrons. The van der Waals surface area contributed by atoms with E-state index in [2.05, 4.69) is 88.9 Å². The van der Waals surface area contributed by atoms with E-state index in [0.29, 0.717) is 22.3 Å². The van der Waals surface area contributed by atoms with Crippen molar-refractivity contribution in [1.29, 1.82) is 0 Å². The third kappa shape index (κ3) is 20.2. The number of phosphoric ester groups is 2. The Hall–Kier alpha value is -9.33. The van der Waals surface area contributed by atoms with Crippen molar-refractivity contribution in [2.45, 2.75) is 167 Å². The van der Waals surface area contributed by atoms with Crippen LogP contribution in [-0.4, -0.2) is 290 Å². The number of imidazole rings is 5. The number of phosphoric acid groups is 2. The van der Waals surface area contributed by atoms with Gasteiger partial charge in [0.2, 0.25) is 0 Å². The zero-order chi connectivity index (χ0) is 98.3. The zero-order valence-electron chi connectivity index (χ0n) is 73.2. The number of anilines is 5. The number of halogens is 4. The second-order valence-electron chi connectivity index (χ2n) is 32.6. The van der Waals surface area contributed by atoms with Crippen LogP contribution in [0, 0.1) is 6.92 Å². The van der Waals surface area contributed by atoms with E-state index in [1.807, 2.05) is 0 Å². The fourth-order valence-electron chi connectivity index (χ4n) is 17.3. The minimum Gasteiger partial charge on any atom is -0.756 e. The molecule has 58 nitrogen and oxygen atoms in total. The van der Waals surface area contributed by atoms with Gasteiger partial charge in [0, 0.05) is 49.3 Å². The van der Waals surface area contributed by atoms with E-state index in [9.17, 15) is 62.5 Å². The summed E-state index contributed by atoms with van der Waals surface area (Å²) in [6.07, 6.45) is -26.5. The Bertz CT molecular complexity index is 7460. The number of benzene rings is 1. The number of hydrogen-bond donors (Lipinski definition) is 10. The molecule has 0 amide bonds. The van der Waals surface area contributed by atoms with Gasteiger partial charge in [-0.25, -0.2) is 99.9 Å². The van der Waals surface area contributed by atoms with Crippen molar-refractivity contribution in [1.82, 2.24) is 116 Å². The predicted molar refractivity (Wildman–Crippen MR) is 458 cm³/mol. The summed E-state index contributed by atoms with van der Waals surface area (Å²) < 4.78 is 292. The molecule has 22 rings (SSSR count). The minimum absolute atomic E-state index is 0. The molecule has 0 bridgehead atoms. The summed E-state index contributed by atoms with van der Waals surface area (Å²) in [6.45, 7) is -2.33. The molecule has 0 spiro atoms. The van der Waals surface area contributed by atoms with Gasteiger partial charge in [0.25, 0.3) is 31.3 Å². The van der Waals surface area contributed by atoms with Crippen LogP contribution >= 0.6 is 15.6 Å². The number of alkyl halides is 4. The van der Waals surface area contributed by atoms with E-state index in [1.165, 1.54) is 68.2 Å². The van der Waals surface area contributed by atoms with Gasteiger partial charge in [0.1, 0.15) is 132 Å². The number of ether oxygens (including phenoxy) is 7. The summed E-state index contributed by atoms with van der Waals surface area (Å²) in [5, 5.41) is 11.7. The third-order valence-corrected chi connectivity index (χ3v) is 29.9. The maximum absolute atomic E-state index is 16.1. The van der Waals surface area contributed by atoms with E-state index in [1.54, 1.807) is 49.4 Å². The van der Waals surface area contributed by atoms with E-state index in [0.717, 1.165) is 34.4 Å². The molecule has 26 atom stereocenters. The van der Waals surface area contributed by atoms with Crippen LogP contribution in [0.1, 0.15) is 55.2 Å². The number of nitrogen functional groups attached to an aromatic ring is 5. The molecule has 9 aliphatic heterocycles. The van der Waals surface area contributed by atoms with E-state index < -0.39 is 255 Å². The van der Waals surface area contributed by atoms with Gasteiger partial charge in [-0.3, -0.25) is 40.9 Å². The molecule has 1 aromatic carbocycles. The number of aryl methyl sites for hydroxylation is 1. The topological polar surface area (TPSA) is 785 Å². The standard InChI is InChI=1S/C28H30FN10O11PS.C22H24F2N10O8S2.C22H25FN9O10PS.2Na/c1-13-36-25-19(26(40)37-13)34-12-39(25)28-22(45-8-14-5-3-2-4-6-14)21-16(48-28)9-46-51(41,42)49-20-15(7-35-52(43,44)50-21)47-27(17(20)29)38-11-33-18-23(30)31-10-32-24(18)38;23-12-16-10(39-21(12)33-7-30-14-9(25)1-3-27-19(14)33)2-4-43(35,36)41-17-11(5-32-44(37,38)42-16)40-22(13(17)24)34-8-31-15-18(26)28-6-29-20(15)34;23-13-16-11(39-21(13)32-8-29-14-18(25)27-7-28-20(14)32)5-30-44(36,37)42-17-12(6-38-43(34,35)41-16)40-22(15(17)33)31-4-2-9-10(24)1-3-26-19(9)31;;/h2-6,10-12,15-17,20-22,27-28,35H,7-9H2,1H3,(H,41,42)(H2,30,31,32)(H,36,37,40);1,3,6-8,10-13,16-17,21-22,32H,2,4-5H2,(H2,25,27)(H2,26,28,29);1-4,7-8,11-13,15-17,21-22,30,33H,5-6H2,(H2,24,26)(H,34,35)(H2,25,27,28);;/q;;;2*+1/p-2/t15-,16-,17-,20-,21-,22-,27-,28-;10-,11-,12-,13-,16-,17-,21-,22-;11-,12-,13-,15-,16-,17-,21-,22-;;/m111../s1. The number of nitrogens with zero attached hydrogens (tertiary/aromatic N) is 20. The molecule has 21 heterocycles. The van der Waals surface area contributed by atoms with Crippen molar-refractivity contribution in [3.8, 4) is 0 Å². The summed E-state index contributed by atoms with van der Waals surface area (Å²) in [7, 11) is -29.3. The first-order chi connectivity index (χ1) is 66.7. The number of aromatic nitrogens is 21. The maximum Gasteiger partial charge on any atom is 1.00 e. The van der Waals surface area contributed by atoms with Crippen LogP contribution in [0.5, 0.6) is 0 Å². The number of nitrogens with one attached hydrogen (secondary N) is 4. The average Bonchev–Trinajstić information content (AvgIpc) is 1.60. The Labute approximate surface area is 839 Å².